The summed E-state index contributed by atoms with van der Waals surface area (Å²) in [6.07, 6.45) is -0.378. The zero-order valence-corrected chi connectivity index (χ0v) is 23.9. The normalized spacial score (nSPS) is 47.4. The van der Waals surface area contributed by atoms with Crippen molar-refractivity contribution in [3.05, 3.63) is 0 Å². The molecule has 0 radical (unpaired) electrons. The van der Waals surface area contributed by atoms with Gasteiger partial charge in [0, 0.05) is 18.3 Å². The van der Waals surface area contributed by atoms with Gasteiger partial charge in [-0.15, -0.1) is 0 Å². The molecule has 4 aliphatic carbocycles. The fourth-order valence-corrected chi connectivity index (χ4v) is 10.3. The van der Waals surface area contributed by atoms with Crippen molar-refractivity contribution < 1.29 is 48.4 Å². The standard InChI is InChI=1S/C27H47NO10S/c1-14(4-5-20(32)28-15(12-29)13-39(36,37)38)21-23(33)24(34)22-17-10-19(31)27(35)11-16(30)6-9-26(27,3)18(17)7-8-25(21,22)2/h14-19,21-24,29-31,33-35H,4-13H2,1-3H3,(H,28,32)(H,36,37,38)/t14-,15?,16+,17-,18+,19-,21+,22-,23-,24-,25-,26-,27+/m1/s1. The lowest BCUT2D eigenvalue weighted by Gasteiger charge is -2.65. The third kappa shape index (κ3) is 5.29. The molecule has 1 unspecified atom stereocenters. The van der Waals surface area contributed by atoms with Crippen molar-refractivity contribution in [3.8, 4) is 0 Å². The number of aliphatic hydroxyl groups is 6. The molecule has 0 aromatic heterocycles. The van der Waals surface area contributed by atoms with Gasteiger partial charge in [0.15, 0.2) is 0 Å². The first-order valence-electron chi connectivity index (χ1n) is 14.3. The largest absolute Gasteiger partial charge is 0.394 e. The molecule has 39 heavy (non-hydrogen) atoms. The number of carbonyl (C=O) groups excluding carboxylic acids is 1. The van der Waals surface area contributed by atoms with Gasteiger partial charge in [0.1, 0.15) is 0 Å². The molecular formula is C27H47NO10S. The zero-order valence-electron chi connectivity index (χ0n) is 23.1. The van der Waals surface area contributed by atoms with E-state index >= 15 is 0 Å². The summed E-state index contributed by atoms with van der Waals surface area (Å²) in [5, 5.41) is 67.6. The van der Waals surface area contributed by atoms with Gasteiger partial charge in [0.25, 0.3) is 10.1 Å². The highest BCUT2D eigenvalue weighted by molar-refractivity contribution is 7.85. The Labute approximate surface area is 230 Å². The van der Waals surface area contributed by atoms with Crippen LogP contribution in [0.2, 0.25) is 0 Å². The molecule has 0 heterocycles. The molecular weight excluding hydrogens is 530 g/mol. The van der Waals surface area contributed by atoms with Crippen molar-refractivity contribution in [1.82, 2.24) is 5.32 Å². The quantitative estimate of drug-likeness (QED) is 0.179. The van der Waals surface area contributed by atoms with Crippen LogP contribution >= 0.6 is 0 Å². The molecule has 0 bridgehead atoms. The highest BCUT2D eigenvalue weighted by Gasteiger charge is 2.70. The third-order valence-corrected chi connectivity index (χ3v) is 12.2. The van der Waals surface area contributed by atoms with E-state index in [1.165, 1.54) is 0 Å². The van der Waals surface area contributed by atoms with Gasteiger partial charge in [-0.2, -0.15) is 8.42 Å². The molecule has 4 fully saturated rings. The minimum absolute atomic E-state index is 0.0153. The Hall–Kier alpha value is -0.860. The second-order valence-electron chi connectivity index (χ2n) is 13.5. The van der Waals surface area contributed by atoms with E-state index in [4.69, 9.17) is 4.55 Å². The lowest BCUT2D eigenvalue weighted by atomic mass is 9.42. The van der Waals surface area contributed by atoms with Gasteiger partial charge in [0.05, 0.1) is 48.4 Å². The van der Waals surface area contributed by atoms with Gasteiger partial charge in [-0.05, 0) is 73.5 Å². The summed E-state index contributed by atoms with van der Waals surface area (Å²) >= 11 is 0. The van der Waals surface area contributed by atoms with E-state index in [1.807, 2.05) is 13.8 Å². The summed E-state index contributed by atoms with van der Waals surface area (Å²) in [6.45, 7) is 5.35. The summed E-state index contributed by atoms with van der Waals surface area (Å²) in [4.78, 5) is 12.5. The van der Waals surface area contributed by atoms with Crippen LogP contribution in [0.5, 0.6) is 0 Å². The van der Waals surface area contributed by atoms with Crippen LogP contribution in [-0.4, -0.2) is 97.9 Å². The van der Waals surface area contributed by atoms with Gasteiger partial charge in [-0.3, -0.25) is 9.35 Å². The maximum Gasteiger partial charge on any atom is 0.266 e. The topological polar surface area (TPSA) is 205 Å². The van der Waals surface area contributed by atoms with Crippen molar-refractivity contribution in [3.63, 3.8) is 0 Å². The highest BCUT2D eigenvalue weighted by Crippen LogP contribution is 2.69. The molecule has 12 heteroatoms. The molecule has 0 aromatic carbocycles. The average Bonchev–Trinajstić information content (AvgIpc) is 3.03. The molecule has 0 spiro atoms. The van der Waals surface area contributed by atoms with Crippen molar-refractivity contribution >= 4 is 16.0 Å². The second-order valence-corrected chi connectivity index (χ2v) is 15.0. The zero-order chi connectivity index (χ0) is 29.1. The Morgan fingerprint density at radius 3 is 2.36 bits per heavy atom. The second kappa shape index (κ2) is 10.8. The Bertz CT molecular complexity index is 1030. The van der Waals surface area contributed by atoms with Gasteiger partial charge in [0.2, 0.25) is 5.91 Å². The van der Waals surface area contributed by atoms with E-state index < -0.39 is 75.3 Å². The average molecular weight is 578 g/mol. The van der Waals surface area contributed by atoms with Crippen LogP contribution in [0.4, 0.5) is 0 Å². The fourth-order valence-electron chi connectivity index (χ4n) is 9.61. The van der Waals surface area contributed by atoms with Crippen LogP contribution in [-0.2, 0) is 14.9 Å². The van der Waals surface area contributed by atoms with Crippen molar-refractivity contribution in [2.24, 2.45) is 40.4 Å². The Morgan fingerprint density at radius 1 is 1.08 bits per heavy atom. The SMILES string of the molecule is C[C@H](CCC(=O)NC(CO)CS(=O)(=O)O)[C@H]1[C@@H](O)[C@H](O)[C@H]2[C@@H]3C[C@@H](O)[C@@]4(O)C[C@@H](O)CC[C@]4(C)[C@H]3CC[C@]12C. The molecule has 0 aliphatic heterocycles. The number of amides is 1. The van der Waals surface area contributed by atoms with Crippen molar-refractivity contribution in [2.45, 2.75) is 108 Å². The molecule has 4 rings (SSSR count). The Kier molecular flexibility index (Phi) is 8.58. The summed E-state index contributed by atoms with van der Waals surface area (Å²) in [5.74, 6) is -2.16. The maximum absolute atomic E-state index is 12.5. The van der Waals surface area contributed by atoms with Gasteiger partial charge < -0.3 is 36.0 Å². The molecule has 8 N–H and O–H groups in total. The van der Waals surface area contributed by atoms with Gasteiger partial charge in [-0.1, -0.05) is 20.8 Å². The minimum Gasteiger partial charge on any atom is -0.394 e. The highest BCUT2D eigenvalue weighted by atomic mass is 32.2. The smallest absolute Gasteiger partial charge is 0.266 e. The molecule has 4 saturated carbocycles. The number of hydrogen-bond acceptors (Lipinski definition) is 9. The summed E-state index contributed by atoms with van der Waals surface area (Å²) < 4.78 is 31.2. The van der Waals surface area contributed by atoms with Crippen LogP contribution in [0.1, 0.15) is 72.1 Å². The Morgan fingerprint density at radius 2 is 1.74 bits per heavy atom. The molecule has 13 atom stereocenters. The number of nitrogens with one attached hydrogen (secondary N) is 1. The number of hydrogen-bond donors (Lipinski definition) is 8. The van der Waals surface area contributed by atoms with Crippen molar-refractivity contribution in [1.29, 1.82) is 0 Å². The molecule has 0 saturated heterocycles. The van der Waals surface area contributed by atoms with E-state index in [1.54, 1.807) is 0 Å². The maximum atomic E-state index is 12.5. The van der Waals surface area contributed by atoms with Crippen LogP contribution in [0.25, 0.3) is 0 Å². The van der Waals surface area contributed by atoms with E-state index in [2.05, 4.69) is 12.2 Å². The van der Waals surface area contributed by atoms with Crippen molar-refractivity contribution in [2.75, 3.05) is 12.4 Å². The van der Waals surface area contributed by atoms with Crippen LogP contribution < -0.4 is 5.32 Å². The van der Waals surface area contributed by atoms with E-state index in [-0.39, 0.29) is 48.9 Å². The predicted molar refractivity (Wildman–Crippen MR) is 141 cm³/mol. The monoisotopic (exact) mass is 577 g/mol. The van der Waals surface area contributed by atoms with E-state index in [0.717, 1.165) is 6.42 Å². The molecule has 11 nitrogen and oxygen atoms in total. The first-order valence-corrected chi connectivity index (χ1v) is 15.9. The molecule has 0 aromatic rings. The Balaban J connectivity index is 1.49. The first-order chi connectivity index (χ1) is 18.0. The van der Waals surface area contributed by atoms with Gasteiger partial charge >= 0.3 is 0 Å². The molecule has 4 aliphatic rings. The lowest BCUT2D eigenvalue weighted by Crippen LogP contribution is -2.69. The minimum atomic E-state index is -4.37. The van der Waals surface area contributed by atoms with Gasteiger partial charge in [-0.25, -0.2) is 0 Å². The van der Waals surface area contributed by atoms with Crippen LogP contribution in [0.15, 0.2) is 0 Å². The van der Waals surface area contributed by atoms with E-state index in [9.17, 15) is 43.9 Å². The number of aliphatic hydroxyl groups excluding tert-OH is 5. The lowest BCUT2D eigenvalue weighted by molar-refractivity contribution is -0.268. The van der Waals surface area contributed by atoms with Crippen LogP contribution in [0, 0.1) is 40.4 Å². The first kappa shape index (κ1) is 31.1. The predicted octanol–water partition coefficient (Wildman–Crippen LogP) is -0.185. The number of carbonyl (C=O) groups is 1. The summed E-state index contributed by atoms with van der Waals surface area (Å²) in [7, 11) is -4.37. The molecule has 226 valence electrons. The third-order valence-electron chi connectivity index (χ3n) is 11.4. The number of rotatable bonds is 8. The van der Waals surface area contributed by atoms with E-state index in [0.29, 0.717) is 25.7 Å². The number of fused-ring (bicyclic) bond motifs is 5. The van der Waals surface area contributed by atoms with Crippen LogP contribution in [0.3, 0.4) is 0 Å². The summed E-state index contributed by atoms with van der Waals surface area (Å²) in [6, 6.07) is -1.13. The molecule has 1 amide bonds. The summed E-state index contributed by atoms with van der Waals surface area (Å²) in [5.41, 5.74) is -2.48. The fraction of sp³-hybridized carbons (Fsp3) is 0.963.